The van der Waals surface area contributed by atoms with E-state index in [0.717, 1.165) is 30.3 Å². The number of carbonyl (C=O) groups is 2. The van der Waals surface area contributed by atoms with Crippen LogP contribution in [0.1, 0.15) is 17.5 Å². The maximum atomic E-state index is 13.6. The zero-order chi connectivity index (χ0) is 32.7. The second kappa shape index (κ2) is 11.5. The van der Waals surface area contributed by atoms with E-state index in [1.165, 1.54) is 4.72 Å². The molecule has 3 aromatic rings. The summed E-state index contributed by atoms with van der Waals surface area (Å²) in [6.45, 7) is -0.780. The third-order valence-electron chi connectivity index (χ3n) is 5.89. The first-order valence-corrected chi connectivity index (χ1v) is 14.8. The Morgan fingerprint density at radius 1 is 0.955 bits per heavy atom. The lowest BCUT2D eigenvalue weighted by Gasteiger charge is -2.35. The van der Waals surface area contributed by atoms with Gasteiger partial charge in [0.2, 0.25) is 5.91 Å². The molecule has 44 heavy (non-hydrogen) atoms. The van der Waals surface area contributed by atoms with Crippen LogP contribution >= 0.6 is 0 Å². The molecule has 2 amide bonds. The van der Waals surface area contributed by atoms with E-state index in [1.54, 1.807) is 0 Å². The van der Waals surface area contributed by atoms with Crippen LogP contribution in [0.25, 0.3) is 0 Å². The van der Waals surface area contributed by atoms with Gasteiger partial charge in [-0.2, -0.15) is 34.8 Å². The monoisotopic (exact) mass is 668 g/mol. The molecule has 20 heteroatoms. The van der Waals surface area contributed by atoms with Crippen molar-refractivity contribution in [1.82, 2.24) is 9.71 Å². The Kier molecular flexibility index (Phi) is 8.44. The number of benzene rings is 2. The summed E-state index contributed by atoms with van der Waals surface area (Å²) in [4.78, 5) is 26.3. The van der Waals surface area contributed by atoms with Crippen LogP contribution in [0.3, 0.4) is 0 Å². The number of fused-ring (bicyclic) bond motifs is 1. The summed E-state index contributed by atoms with van der Waals surface area (Å²) in [7, 11) is -9.80. The Morgan fingerprint density at radius 2 is 1.61 bits per heavy atom. The molecule has 1 aliphatic heterocycles. The summed E-state index contributed by atoms with van der Waals surface area (Å²) < 4.78 is 139. The number of amides is 2. The second-order valence-corrected chi connectivity index (χ2v) is 12.5. The van der Waals surface area contributed by atoms with E-state index in [1.807, 2.05) is 5.32 Å². The number of halogens is 6. The average molecular weight is 669 g/mol. The molecule has 0 bridgehead atoms. The van der Waals surface area contributed by atoms with Crippen LogP contribution < -0.4 is 19.1 Å². The number of nitrogens with zero attached hydrogens (tertiary/aromatic N) is 2. The van der Waals surface area contributed by atoms with Gasteiger partial charge in [0, 0.05) is 11.9 Å². The number of anilines is 2. The van der Waals surface area contributed by atoms with E-state index in [0.29, 0.717) is 28.7 Å². The van der Waals surface area contributed by atoms with Crippen molar-refractivity contribution in [3.63, 3.8) is 0 Å². The highest BCUT2D eigenvalue weighted by molar-refractivity contribution is 7.92. The van der Waals surface area contributed by atoms with E-state index >= 15 is 0 Å². The molecule has 0 saturated heterocycles. The fraction of sp³-hybridized carbons (Fsp3) is 0.208. The Morgan fingerprint density at radius 3 is 2.25 bits per heavy atom. The largest absolute Gasteiger partial charge is 0.486 e. The molecule has 12 nitrogen and oxygen atoms in total. The van der Waals surface area contributed by atoms with Crippen molar-refractivity contribution in [3.8, 4) is 5.75 Å². The summed E-state index contributed by atoms with van der Waals surface area (Å²) in [6, 6.07) is 6.66. The van der Waals surface area contributed by atoms with Gasteiger partial charge in [0.05, 0.1) is 34.7 Å². The molecule has 4 rings (SSSR count). The summed E-state index contributed by atoms with van der Waals surface area (Å²) in [6.07, 6.45) is -13.2. The van der Waals surface area contributed by atoms with Crippen molar-refractivity contribution < 1.29 is 62.6 Å². The minimum Gasteiger partial charge on any atom is -0.486 e. The van der Waals surface area contributed by atoms with E-state index in [-0.39, 0.29) is 23.2 Å². The van der Waals surface area contributed by atoms with Crippen molar-refractivity contribution in [2.24, 2.45) is 0 Å². The van der Waals surface area contributed by atoms with Crippen molar-refractivity contribution in [3.05, 3.63) is 71.9 Å². The Labute approximate surface area is 244 Å². The van der Waals surface area contributed by atoms with Gasteiger partial charge in [-0.15, -0.1) is 0 Å². The topological polar surface area (TPSA) is 172 Å². The van der Waals surface area contributed by atoms with Gasteiger partial charge >= 0.3 is 18.4 Å². The standard InChI is InChI=1S/C24H18F6N4O8S2/c25-23(26,27)13-2-1-3-17(8-13)44(40,41)34-12-16(42-19-5-4-15(10-18(19)34)32-22(36)37)11-20(35)33-43(38,39)21-9-14(6-7-31-21)24(28,29)30/h1-10,16,32H,11-12H2,(H,33,35)(H,36,37). The third kappa shape index (κ3) is 7.13. The van der Waals surface area contributed by atoms with E-state index in [9.17, 15) is 52.8 Å². The minimum absolute atomic E-state index is 0.153. The summed E-state index contributed by atoms with van der Waals surface area (Å²) in [5.41, 5.74) is -3.14. The maximum Gasteiger partial charge on any atom is 0.416 e. The van der Waals surface area contributed by atoms with Gasteiger partial charge in [0.1, 0.15) is 11.9 Å². The highest BCUT2D eigenvalue weighted by Crippen LogP contribution is 2.40. The molecule has 1 aromatic heterocycles. The van der Waals surface area contributed by atoms with Crippen LogP contribution in [0.4, 0.5) is 42.5 Å². The smallest absolute Gasteiger partial charge is 0.416 e. The Balaban J connectivity index is 1.66. The number of ether oxygens (including phenoxy) is 1. The molecular formula is C24H18F6N4O8S2. The minimum atomic E-state index is -4.94. The lowest BCUT2D eigenvalue weighted by Crippen LogP contribution is -2.46. The summed E-state index contributed by atoms with van der Waals surface area (Å²) in [5, 5.41) is 9.86. The Hall–Kier alpha value is -4.59. The van der Waals surface area contributed by atoms with Crippen molar-refractivity contribution in [2.45, 2.75) is 34.8 Å². The fourth-order valence-corrected chi connectivity index (χ4v) is 6.50. The third-order valence-corrected chi connectivity index (χ3v) is 8.94. The molecule has 0 saturated carbocycles. The molecule has 1 aliphatic rings. The van der Waals surface area contributed by atoms with Gasteiger partial charge in [-0.1, -0.05) is 6.07 Å². The van der Waals surface area contributed by atoms with Gasteiger partial charge in [-0.25, -0.2) is 22.9 Å². The lowest BCUT2D eigenvalue weighted by molar-refractivity contribution is -0.138. The SMILES string of the molecule is O=C(O)Nc1ccc2c(c1)N(S(=O)(=O)c1cccc(C(F)(F)F)c1)CC(CC(=O)NS(=O)(=O)c1cc(C(F)(F)F)ccn1)O2. The zero-order valence-electron chi connectivity index (χ0n) is 21.5. The van der Waals surface area contributed by atoms with E-state index in [2.05, 4.69) is 4.98 Å². The van der Waals surface area contributed by atoms with E-state index < -0.39 is 84.5 Å². The van der Waals surface area contributed by atoms with Crippen LogP contribution in [-0.2, 0) is 37.2 Å². The number of aromatic nitrogens is 1. The molecule has 3 N–H and O–H groups in total. The highest BCUT2D eigenvalue weighted by Gasteiger charge is 2.38. The number of pyridine rings is 1. The number of sulfonamides is 2. The molecule has 1 atom stereocenters. The number of carboxylic acid groups (broad SMARTS) is 1. The van der Waals surface area contributed by atoms with E-state index in [4.69, 9.17) is 9.84 Å². The van der Waals surface area contributed by atoms with Crippen LogP contribution in [-0.4, -0.2) is 51.6 Å². The quantitative estimate of drug-likeness (QED) is 0.314. The van der Waals surface area contributed by atoms with Crippen molar-refractivity contribution >= 4 is 43.4 Å². The number of alkyl halides is 6. The number of rotatable bonds is 7. The molecule has 2 aromatic carbocycles. The Bertz CT molecular complexity index is 1830. The number of carbonyl (C=O) groups excluding carboxylic acids is 1. The first-order valence-electron chi connectivity index (χ1n) is 11.9. The van der Waals surface area contributed by atoms with Crippen LogP contribution in [0.15, 0.2) is 70.7 Å². The summed E-state index contributed by atoms with van der Waals surface area (Å²) in [5.74, 6) is -1.62. The fourth-order valence-electron chi connectivity index (χ4n) is 3.99. The second-order valence-electron chi connectivity index (χ2n) is 9.03. The molecule has 236 valence electrons. The van der Waals surface area contributed by atoms with Crippen molar-refractivity contribution in [1.29, 1.82) is 0 Å². The average Bonchev–Trinajstić information content (AvgIpc) is 2.91. The highest BCUT2D eigenvalue weighted by atomic mass is 32.2. The molecule has 0 spiro atoms. The van der Waals surface area contributed by atoms with Gasteiger partial charge in [-0.05, 0) is 48.5 Å². The number of hydrogen-bond acceptors (Lipinski definition) is 8. The van der Waals surface area contributed by atoms with Gasteiger partial charge in [-0.3, -0.25) is 14.4 Å². The molecule has 0 fully saturated rings. The normalized spacial score (nSPS) is 15.6. The predicted molar refractivity (Wildman–Crippen MR) is 138 cm³/mol. The van der Waals surface area contributed by atoms with Gasteiger partial charge < -0.3 is 9.84 Å². The van der Waals surface area contributed by atoms with Crippen LogP contribution in [0.2, 0.25) is 0 Å². The molecule has 1 unspecified atom stereocenters. The molecule has 0 radical (unpaired) electrons. The maximum absolute atomic E-state index is 13.6. The molecular weight excluding hydrogens is 650 g/mol. The lowest BCUT2D eigenvalue weighted by atomic mass is 10.1. The van der Waals surface area contributed by atoms with Gasteiger partial charge in [0.15, 0.2) is 5.03 Å². The summed E-state index contributed by atoms with van der Waals surface area (Å²) >= 11 is 0. The number of hydrogen-bond donors (Lipinski definition) is 3. The van der Waals surface area contributed by atoms with Crippen molar-refractivity contribution in [2.75, 3.05) is 16.2 Å². The first kappa shape index (κ1) is 32.3. The zero-order valence-corrected chi connectivity index (χ0v) is 23.2. The first-order chi connectivity index (χ1) is 20.3. The van der Waals surface area contributed by atoms with Gasteiger partial charge in [0.25, 0.3) is 20.0 Å². The van der Waals surface area contributed by atoms with Crippen LogP contribution in [0.5, 0.6) is 5.75 Å². The predicted octanol–water partition coefficient (Wildman–Crippen LogP) is 4.06. The molecule has 2 heterocycles. The molecule has 0 aliphatic carbocycles. The van der Waals surface area contributed by atoms with Crippen LogP contribution in [0, 0.1) is 0 Å². The number of nitrogens with one attached hydrogen (secondary N) is 2.